The second-order valence-electron chi connectivity index (χ2n) is 1.46. The topological polar surface area (TPSA) is 9.23 Å². The zero-order valence-electron chi connectivity index (χ0n) is 4.58. The van der Waals surface area contributed by atoms with Gasteiger partial charge in [0.15, 0.2) is 0 Å². The molecule has 1 aromatic rings. The van der Waals surface area contributed by atoms with Crippen molar-refractivity contribution in [2.24, 2.45) is 0 Å². The van der Waals surface area contributed by atoms with Gasteiger partial charge in [0.2, 0.25) is 0 Å². The maximum absolute atomic E-state index is 5.18. The molecule has 0 aliphatic heterocycles. The van der Waals surface area contributed by atoms with Crippen LogP contribution in [0.5, 0.6) is 5.75 Å². The van der Waals surface area contributed by atoms with Crippen LogP contribution < -0.4 is 3.82 Å². The Kier molecular flexibility index (Phi) is 3.12. The van der Waals surface area contributed by atoms with Gasteiger partial charge in [0, 0.05) is 0 Å². The van der Waals surface area contributed by atoms with Crippen molar-refractivity contribution in [2.45, 2.75) is 0 Å². The van der Waals surface area contributed by atoms with Crippen LogP contribution in [-0.2, 0) is 0 Å². The van der Waals surface area contributed by atoms with Crippen molar-refractivity contribution in [3.8, 4) is 5.75 Å². The van der Waals surface area contributed by atoms with Crippen molar-refractivity contribution in [3.63, 3.8) is 0 Å². The summed E-state index contributed by atoms with van der Waals surface area (Å²) in [5.41, 5.74) is 0. The summed E-state index contributed by atoms with van der Waals surface area (Å²) in [5, 5.41) is 0. The number of halogens is 1. The van der Waals surface area contributed by atoms with E-state index in [0.29, 0.717) is 0 Å². The Morgan fingerprint density at radius 1 is 1.22 bits per heavy atom. The molecule has 3 heteroatoms. The molecule has 0 fully saturated rings. The van der Waals surface area contributed by atoms with Crippen LogP contribution in [0.2, 0.25) is 0 Å². The Morgan fingerprint density at radius 3 is 2.44 bits per heavy atom. The molecule has 0 aliphatic rings. The van der Waals surface area contributed by atoms with E-state index in [1.165, 1.54) is 0 Å². The summed E-state index contributed by atoms with van der Waals surface area (Å²) in [5.74, 6) is 0.925. The zero-order chi connectivity index (χ0) is 6.53. The monoisotopic (exact) mass is 252 g/mol. The van der Waals surface area contributed by atoms with Crippen LogP contribution in [0.4, 0.5) is 0 Å². The van der Waals surface area contributed by atoms with E-state index in [-0.39, 0.29) is 13.5 Å². The molecule has 0 radical (unpaired) electrons. The first-order chi connectivity index (χ1) is 4.43. The van der Waals surface area contributed by atoms with Gasteiger partial charge in [-0.15, -0.1) is 0 Å². The fraction of sp³-hybridized carbons (Fsp3) is 0. The normalized spacial score (nSPS) is 9.00. The van der Waals surface area contributed by atoms with E-state index in [4.69, 9.17) is 3.82 Å². The number of hydrogen-bond donors (Lipinski definition) is 0. The predicted molar refractivity (Wildman–Crippen MR) is 41.8 cm³/mol. The third-order valence-electron chi connectivity index (χ3n) is 0.871. The molecule has 0 aliphatic carbocycles. The molecule has 1 nitrogen and oxygen atoms in total. The van der Waals surface area contributed by atoms with Gasteiger partial charge in [-0.25, -0.2) is 0 Å². The van der Waals surface area contributed by atoms with Crippen LogP contribution in [-0.4, -0.2) is 13.5 Å². The van der Waals surface area contributed by atoms with Gasteiger partial charge < -0.3 is 0 Å². The summed E-state index contributed by atoms with van der Waals surface area (Å²) in [6.07, 6.45) is 0. The first-order valence-corrected chi connectivity index (χ1v) is 7.15. The van der Waals surface area contributed by atoms with E-state index < -0.39 is 0 Å². The number of para-hydroxylation sites is 1. The van der Waals surface area contributed by atoms with Gasteiger partial charge in [0.05, 0.1) is 0 Å². The minimum atomic E-state index is 0.0916. The van der Waals surface area contributed by atoms with Gasteiger partial charge in [0.25, 0.3) is 0 Å². The Morgan fingerprint density at radius 2 is 1.89 bits per heavy atom. The molecule has 0 atom stereocenters. The van der Waals surface area contributed by atoms with E-state index in [2.05, 4.69) is 14.1 Å². The average Bonchev–Trinajstić information content (AvgIpc) is 1.91. The summed E-state index contributed by atoms with van der Waals surface area (Å²) in [4.78, 5) is 0. The fourth-order valence-electron chi connectivity index (χ4n) is 0.512. The van der Waals surface area contributed by atoms with Gasteiger partial charge in [-0.3, -0.25) is 0 Å². The van der Waals surface area contributed by atoms with Crippen molar-refractivity contribution in [1.82, 2.24) is 0 Å². The molecule has 1 rings (SSSR count). The maximum atomic E-state index is 5.18. The van der Waals surface area contributed by atoms with Crippen molar-refractivity contribution < 1.29 is 3.82 Å². The molecule has 0 saturated carbocycles. The van der Waals surface area contributed by atoms with Crippen molar-refractivity contribution >= 4 is 27.6 Å². The first kappa shape index (κ1) is 7.13. The van der Waals surface area contributed by atoms with Crippen molar-refractivity contribution in [2.75, 3.05) is 0 Å². The van der Waals surface area contributed by atoms with E-state index in [1.807, 2.05) is 30.3 Å². The summed E-state index contributed by atoms with van der Waals surface area (Å²) < 4.78 is 5.18. The Labute approximate surface area is 67.6 Å². The Bertz CT molecular complexity index is 166. The van der Waals surface area contributed by atoms with E-state index in [9.17, 15) is 0 Å². The molecule has 0 amide bonds. The third-order valence-corrected chi connectivity index (χ3v) is 2.09. The minimum absolute atomic E-state index is 0.0916. The van der Waals surface area contributed by atoms with Crippen LogP contribution in [0.1, 0.15) is 0 Å². The van der Waals surface area contributed by atoms with Crippen LogP contribution in [0, 0.1) is 0 Å². The second-order valence-corrected chi connectivity index (χ2v) is 3.45. The molecular formula is C6H5BrOSe. The first-order valence-electron chi connectivity index (χ1n) is 2.44. The molecule has 9 heavy (non-hydrogen) atoms. The molecule has 0 unspecified atom stereocenters. The van der Waals surface area contributed by atoms with Gasteiger partial charge >= 0.3 is 67.5 Å². The van der Waals surface area contributed by atoms with Crippen molar-refractivity contribution in [3.05, 3.63) is 30.3 Å². The molecule has 0 aromatic heterocycles. The molecule has 0 spiro atoms. The van der Waals surface area contributed by atoms with Crippen LogP contribution in [0.25, 0.3) is 0 Å². The predicted octanol–water partition coefficient (Wildman–Crippen LogP) is 1.99. The fourth-order valence-corrected chi connectivity index (χ4v) is 1.69. The van der Waals surface area contributed by atoms with Gasteiger partial charge in [0.1, 0.15) is 0 Å². The molecule has 48 valence electrons. The summed E-state index contributed by atoms with van der Waals surface area (Å²) in [7, 11) is 0. The average molecular weight is 252 g/mol. The van der Waals surface area contributed by atoms with Gasteiger partial charge in [-0.05, 0) is 0 Å². The van der Waals surface area contributed by atoms with Gasteiger partial charge in [-0.2, -0.15) is 0 Å². The molecule has 0 N–H and O–H groups in total. The number of rotatable bonds is 2. The molecule has 0 bridgehead atoms. The third kappa shape index (κ3) is 2.39. The van der Waals surface area contributed by atoms with Gasteiger partial charge in [-0.1, -0.05) is 0 Å². The summed E-state index contributed by atoms with van der Waals surface area (Å²) in [6, 6.07) is 9.74. The van der Waals surface area contributed by atoms with Crippen LogP contribution in [0.15, 0.2) is 30.3 Å². The zero-order valence-corrected chi connectivity index (χ0v) is 7.88. The SMILES string of the molecule is Br[Se]Oc1ccccc1. The van der Waals surface area contributed by atoms with E-state index >= 15 is 0 Å². The molecule has 1 aromatic carbocycles. The molecule has 0 heterocycles. The quantitative estimate of drug-likeness (QED) is 0.731. The Balaban J connectivity index is 2.61. The number of benzene rings is 1. The summed E-state index contributed by atoms with van der Waals surface area (Å²) >= 11 is 3.32. The van der Waals surface area contributed by atoms with Crippen LogP contribution in [0.3, 0.4) is 0 Å². The second kappa shape index (κ2) is 3.94. The van der Waals surface area contributed by atoms with E-state index in [1.54, 1.807) is 0 Å². The number of hydrogen-bond acceptors (Lipinski definition) is 1. The molecule has 0 saturated heterocycles. The standard InChI is InChI=1S/C6H5BrOSe/c7-9-8-6-4-2-1-3-5-6/h1-5H. The van der Waals surface area contributed by atoms with Crippen molar-refractivity contribution in [1.29, 1.82) is 0 Å². The molecular weight excluding hydrogens is 247 g/mol. The summed E-state index contributed by atoms with van der Waals surface area (Å²) in [6.45, 7) is 0. The van der Waals surface area contributed by atoms with Crippen LogP contribution >= 0.6 is 14.1 Å². The van der Waals surface area contributed by atoms with E-state index in [0.717, 1.165) is 5.75 Å². The Hall–Kier alpha value is 0.0195.